The highest BCUT2D eigenvalue weighted by Gasteiger charge is 2.71. The number of ether oxygens (including phenoxy) is 10. The molecule has 0 spiro atoms. The van der Waals surface area contributed by atoms with Gasteiger partial charge in [-0.05, 0) is 117 Å². The molecule has 85 heavy (non-hydrogen) atoms. The molecule has 33 atom stereocenters. The summed E-state index contributed by atoms with van der Waals surface area (Å²) in [5.41, 5.74) is -1.93. The molecule has 26 nitrogen and oxygen atoms in total. The van der Waals surface area contributed by atoms with Gasteiger partial charge in [-0.1, -0.05) is 53.2 Å². The first kappa shape index (κ1) is 66.2. The minimum absolute atomic E-state index is 0.0670. The first-order chi connectivity index (χ1) is 39.8. The van der Waals surface area contributed by atoms with Crippen LogP contribution in [-0.4, -0.2) is 263 Å². The maximum atomic E-state index is 15.2. The number of fused-ring (bicyclic) bond motifs is 7. The molecule has 15 N–H and O–H groups in total. The maximum absolute atomic E-state index is 15.2. The van der Waals surface area contributed by atoms with E-state index in [0.717, 1.165) is 12.8 Å². The van der Waals surface area contributed by atoms with Crippen LogP contribution in [0.4, 0.5) is 0 Å². The fourth-order valence-electron chi connectivity index (χ4n) is 17.5. The molecule has 0 aromatic heterocycles. The fourth-order valence-corrected chi connectivity index (χ4v) is 17.5. The largest absolute Gasteiger partial charge is 0.432 e. The lowest BCUT2D eigenvalue weighted by molar-refractivity contribution is -0.365. The highest BCUT2D eigenvalue weighted by molar-refractivity contribution is 5.79. The molecule has 10 aliphatic rings. The van der Waals surface area contributed by atoms with E-state index in [0.29, 0.717) is 51.4 Å². The Labute approximate surface area is 494 Å². The molecule has 488 valence electrons. The molecular formula is C59H96O26. The van der Waals surface area contributed by atoms with E-state index in [9.17, 15) is 76.6 Å². The van der Waals surface area contributed by atoms with E-state index in [1.807, 2.05) is 6.92 Å². The summed E-state index contributed by atoms with van der Waals surface area (Å²) in [4.78, 5) is 15.2. The minimum Gasteiger partial charge on any atom is -0.432 e. The molecule has 6 unspecified atom stereocenters. The lowest BCUT2D eigenvalue weighted by atomic mass is 9.33. The van der Waals surface area contributed by atoms with Crippen LogP contribution in [0.5, 0.6) is 0 Å². The Balaban J connectivity index is 0.833. The molecule has 9 fully saturated rings. The summed E-state index contributed by atoms with van der Waals surface area (Å²) in [6, 6.07) is 0. The van der Waals surface area contributed by atoms with E-state index < -0.39 is 189 Å². The summed E-state index contributed by atoms with van der Waals surface area (Å²) in [7, 11) is 0. The Kier molecular flexibility index (Phi) is 19.0. The second-order valence-corrected chi connectivity index (χ2v) is 28.5. The average Bonchev–Trinajstić information content (AvgIpc) is 0.688. The third-order valence-corrected chi connectivity index (χ3v) is 23.2. The van der Waals surface area contributed by atoms with Gasteiger partial charge in [-0.3, -0.25) is 4.79 Å². The zero-order valence-electron chi connectivity index (χ0n) is 49.8. The molecule has 0 radical (unpaired) electrons. The highest BCUT2D eigenvalue weighted by Crippen LogP contribution is 2.76. The van der Waals surface area contributed by atoms with E-state index in [4.69, 9.17) is 47.4 Å². The van der Waals surface area contributed by atoms with Gasteiger partial charge in [0.25, 0.3) is 0 Å². The van der Waals surface area contributed by atoms with Crippen molar-refractivity contribution in [3.05, 3.63) is 11.6 Å². The van der Waals surface area contributed by atoms with Crippen LogP contribution in [0.25, 0.3) is 0 Å². The van der Waals surface area contributed by atoms with Gasteiger partial charge in [0, 0.05) is 5.41 Å². The van der Waals surface area contributed by atoms with Gasteiger partial charge in [0.1, 0.15) is 104 Å². The van der Waals surface area contributed by atoms with Gasteiger partial charge in [0.05, 0.1) is 50.2 Å². The zero-order chi connectivity index (χ0) is 62.0. The van der Waals surface area contributed by atoms with Gasteiger partial charge in [0.15, 0.2) is 25.2 Å². The smallest absolute Gasteiger partial charge is 0.315 e. The van der Waals surface area contributed by atoms with Crippen LogP contribution in [0.1, 0.15) is 120 Å². The van der Waals surface area contributed by atoms with Gasteiger partial charge in [-0.15, -0.1) is 0 Å². The number of hydrogen-bond acceptors (Lipinski definition) is 26. The average molecular weight is 1220 g/mol. The fraction of sp³-hybridized carbons (Fsp3) is 0.949. The Morgan fingerprint density at radius 3 is 1.76 bits per heavy atom. The third kappa shape index (κ3) is 11.1. The van der Waals surface area contributed by atoms with Crippen molar-refractivity contribution in [2.45, 2.75) is 273 Å². The zero-order valence-corrected chi connectivity index (χ0v) is 49.8. The Bertz CT molecular complexity index is 2370. The molecule has 5 saturated heterocycles. The SMILES string of the molecule is C[C@@H]1OC(O[C@H]2[C@H](O)[C@@H](O)[C@H](OC[C@H]3O[C@@H](OC(=O)[C@]45CCC(C)(C)CC4C4=CCC6[C@@]7(C)CC[C@H](OC8OC[C@H](O)[C@H](O)[C@H]8OC8O[C@@H](C)[C@H](O)[C@@H](O)[C@H]8O)[C@@](C)(CO)C7CC[C@@]6(C)[C@]4(C)CC5)[C@H](O)[C@@H](O)[C@@H]3O)O[C@@H]2CO)[C@H](O)[C@H](O)[C@H]1O. The summed E-state index contributed by atoms with van der Waals surface area (Å²) in [6.07, 6.45) is -29.6. The number of carbonyl (C=O) groups excluding carboxylic acids is 1. The van der Waals surface area contributed by atoms with Crippen LogP contribution >= 0.6 is 0 Å². The van der Waals surface area contributed by atoms with Crippen molar-refractivity contribution in [3.8, 4) is 0 Å². The quantitative estimate of drug-likeness (QED) is 0.0513. The van der Waals surface area contributed by atoms with Crippen LogP contribution in [0, 0.1) is 50.2 Å². The molecule has 0 amide bonds. The van der Waals surface area contributed by atoms with E-state index in [2.05, 4.69) is 40.7 Å². The van der Waals surface area contributed by atoms with Crippen molar-refractivity contribution in [2.75, 3.05) is 26.4 Å². The maximum Gasteiger partial charge on any atom is 0.315 e. The molecule has 4 saturated carbocycles. The monoisotopic (exact) mass is 1220 g/mol. The number of esters is 1. The lowest BCUT2D eigenvalue weighted by Gasteiger charge is -2.71. The van der Waals surface area contributed by atoms with Crippen molar-refractivity contribution < 1.29 is 129 Å². The van der Waals surface area contributed by atoms with Crippen molar-refractivity contribution in [1.29, 1.82) is 0 Å². The molecule has 26 heteroatoms. The number of hydrogen-bond donors (Lipinski definition) is 15. The predicted molar refractivity (Wildman–Crippen MR) is 288 cm³/mol. The second kappa shape index (κ2) is 24.4. The summed E-state index contributed by atoms with van der Waals surface area (Å²) in [5.74, 6) is -0.861. The number of aliphatic hydroxyl groups excluding tert-OH is 15. The van der Waals surface area contributed by atoms with Gasteiger partial charge >= 0.3 is 5.97 Å². The van der Waals surface area contributed by atoms with Gasteiger partial charge in [0.2, 0.25) is 6.29 Å². The Morgan fingerprint density at radius 1 is 0.565 bits per heavy atom. The molecular weight excluding hydrogens is 1120 g/mol. The van der Waals surface area contributed by atoms with Crippen molar-refractivity contribution in [1.82, 2.24) is 0 Å². The van der Waals surface area contributed by atoms with Crippen LogP contribution in [-0.2, 0) is 52.2 Å². The van der Waals surface area contributed by atoms with Crippen molar-refractivity contribution >= 4 is 5.97 Å². The number of aliphatic hydroxyl groups is 15. The predicted octanol–water partition coefficient (Wildman–Crippen LogP) is -2.54. The highest BCUT2D eigenvalue weighted by atomic mass is 16.8. The first-order valence-electron chi connectivity index (χ1n) is 30.6. The molecule has 5 heterocycles. The Hall–Kier alpha value is -1.75. The topological polar surface area (TPSA) is 413 Å². The van der Waals surface area contributed by atoms with Crippen molar-refractivity contribution in [2.24, 2.45) is 50.2 Å². The molecule has 0 bridgehead atoms. The third-order valence-electron chi connectivity index (χ3n) is 23.2. The van der Waals surface area contributed by atoms with Crippen LogP contribution < -0.4 is 0 Å². The first-order valence-corrected chi connectivity index (χ1v) is 30.6. The van der Waals surface area contributed by atoms with E-state index in [1.54, 1.807) is 0 Å². The van der Waals surface area contributed by atoms with E-state index in [-0.39, 0.29) is 47.2 Å². The molecule has 5 aliphatic heterocycles. The summed E-state index contributed by atoms with van der Waals surface area (Å²) in [6.45, 7) is 14.3. The number of allylic oxidation sites excluding steroid dienone is 2. The molecule has 0 aromatic carbocycles. The van der Waals surface area contributed by atoms with E-state index in [1.165, 1.54) is 19.4 Å². The normalized spacial score (nSPS) is 55.3. The van der Waals surface area contributed by atoms with Gasteiger partial charge in [-0.2, -0.15) is 0 Å². The summed E-state index contributed by atoms with van der Waals surface area (Å²) < 4.78 is 59.4. The van der Waals surface area contributed by atoms with Gasteiger partial charge < -0.3 is 124 Å². The number of carbonyl (C=O) groups is 1. The molecule has 5 aliphatic carbocycles. The van der Waals surface area contributed by atoms with Crippen LogP contribution in [0.2, 0.25) is 0 Å². The lowest BCUT2D eigenvalue weighted by Crippen LogP contribution is -2.67. The molecule has 0 aromatic rings. The summed E-state index contributed by atoms with van der Waals surface area (Å²) in [5, 5.41) is 163. The number of rotatable bonds is 13. The van der Waals surface area contributed by atoms with Gasteiger partial charge in [-0.25, -0.2) is 0 Å². The molecule has 10 rings (SSSR count). The standard InChI is InChI=1S/C59H96O26/c1-24-34(63)38(67)42(71)49(78-24)83-46-29(20-60)80-48(45(74)41(46)70)77-22-30-37(66)40(69)44(73)51(81-30)85-53(75)59-17-15-54(3,4)19-27(59)26-9-10-32-55(5)13-12-33(56(6,23-61)31(55)11-14-58(32,8)57(26,7)16-18-59)82-52-47(36(65)28(62)21-76-52)84-50-43(72)39(68)35(64)25(2)79-50/h9,24-25,27-52,60-74H,10-23H2,1-8H3/t24-,25-,27?,28-,29+,30+,31?,32?,33-,34-,35-,36-,37+,38+,39+,40-,41+,42+,43+,44+,45+,46+,47+,48+,49?,50?,51-,52?,55-,56-,57+,58+,59-/m0/s1. The second-order valence-electron chi connectivity index (χ2n) is 28.5. The van der Waals surface area contributed by atoms with E-state index >= 15 is 4.79 Å². The van der Waals surface area contributed by atoms with Crippen molar-refractivity contribution in [3.63, 3.8) is 0 Å². The summed E-state index contributed by atoms with van der Waals surface area (Å²) >= 11 is 0. The Morgan fingerprint density at radius 2 is 1.14 bits per heavy atom. The van der Waals surface area contributed by atoms with Crippen LogP contribution in [0.15, 0.2) is 11.6 Å². The minimum atomic E-state index is -1.90. The van der Waals surface area contributed by atoms with Crippen LogP contribution in [0.3, 0.4) is 0 Å².